The van der Waals surface area contributed by atoms with E-state index in [1.807, 2.05) is 11.8 Å². The highest BCUT2D eigenvalue weighted by atomic mass is 32.2. The van der Waals surface area contributed by atoms with Crippen molar-refractivity contribution in [2.75, 3.05) is 0 Å². The number of fused-ring (bicyclic) bond motifs is 1. The van der Waals surface area contributed by atoms with Gasteiger partial charge in [-0.2, -0.15) is 0 Å². The lowest BCUT2D eigenvalue weighted by Crippen LogP contribution is -2.39. The average Bonchev–Trinajstić information content (AvgIpc) is 2.59. The molecule has 70 valence electrons. The van der Waals surface area contributed by atoms with Gasteiger partial charge in [-0.3, -0.25) is 11.3 Å². The third-order valence-electron chi connectivity index (χ3n) is 2.49. The fraction of sp³-hybridized carbons (Fsp3) is 0.400. The smallest absolute Gasteiger partial charge is 0.0307 e. The molecule has 0 aliphatic carbocycles. The van der Waals surface area contributed by atoms with Gasteiger partial charge in [0.1, 0.15) is 0 Å². The van der Waals surface area contributed by atoms with Crippen molar-refractivity contribution < 1.29 is 0 Å². The van der Waals surface area contributed by atoms with Crippen molar-refractivity contribution in [1.29, 1.82) is 0 Å². The molecule has 0 fully saturated rings. The molecule has 1 aliphatic rings. The fourth-order valence-corrected chi connectivity index (χ4v) is 2.93. The van der Waals surface area contributed by atoms with Crippen LogP contribution in [-0.2, 0) is 6.42 Å². The van der Waals surface area contributed by atoms with Crippen LogP contribution < -0.4 is 11.3 Å². The fourth-order valence-electron chi connectivity index (χ4n) is 1.60. The van der Waals surface area contributed by atoms with Crippen molar-refractivity contribution >= 4 is 11.8 Å². The minimum Gasteiger partial charge on any atom is -0.271 e. The Kier molecular flexibility index (Phi) is 2.58. The van der Waals surface area contributed by atoms with Crippen LogP contribution in [0.1, 0.15) is 12.5 Å². The minimum atomic E-state index is 0.373. The highest BCUT2D eigenvalue weighted by molar-refractivity contribution is 8.00. The standard InChI is InChI=1S/C10H14N2S/c1-7(12-11)10-6-8-4-2-3-5-9(8)13-10/h2-5,7,10,12H,6,11H2,1H3. The summed E-state index contributed by atoms with van der Waals surface area (Å²) in [5.41, 5.74) is 4.28. The number of hydrazine groups is 1. The second kappa shape index (κ2) is 3.70. The molecule has 0 spiro atoms. The van der Waals surface area contributed by atoms with Crippen LogP contribution >= 0.6 is 11.8 Å². The molecule has 0 amide bonds. The van der Waals surface area contributed by atoms with Crippen LogP contribution in [-0.4, -0.2) is 11.3 Å². The molecule has 0 aromatic heterocycles. The van der Waals surface area contributed by atoms with Crippen molar-refractivity contribution in [3.63, 3.8) is 0 Å². The lowest BCUT2D eigenvalue weighted by molar-refractivity contribution is 0.548. The van der Waals surface area contributed by atoms with Gasteiger partial charge in [-0.15, -0.1) is 11.8 Å². The van der Waals surface area contributed by atoms with Gasteiger partial charge < -0.3 is 0 Å². The summed E-state index contributed by atoms with van der Waals surface area (Å²) in [6.07, 6.45) is 1.13. The van der Waals surface area contributed by atoms with Crippen LogP contribution in [0.2, 0.25) is 0 Å². The molecule has 1 aromatic carbocycles. The Morgan fingerprint density at radius 1 is 1.54 bits per heavy atom. The molecule has 2 unspecified atom stereocenters. The maximum absolute atomic E-state index is 5.42. The highest BCUT2D eigenvalue weighted by Gasteiger charge is 2.25. The predicted molar refractivity (Wildman–Crippen MR) is 56.6 cm³/mol. The van der Waals surface area contributed by atoms with E-state index in [1.54, 1.807) is 0 Å². The topological polar surface area (TPSA) is 38.0 Å². The van der Waals surface area contributed by atoms with E-state index < -0.39 is 0 Å². The first-order valence-electron chi connectivity index (χ1n) is 4.52. The van der Waals surface area contributed by atoms with Gasteiger partial charge in [-0.1, -0.05) is 18.2 Å². The summed E-state index contributed by atoms with van der Waals surface area (Å²) in [6.45, 7) is 2.13. The number of hydrogen-bond acceptors (Lipinski definition) is 3. The van der Waals surface area contributed by atoms with Crippen LogP contribution in [0.25, 0.3) is 0 Å². The average molecular weight is 194 g/mol. The SMILES string of the molecule is CC(NN)C1Cc2ccccc2S1. The van der Waals surface area contributed by atoms with Crippen molar-refractivity contribution in [3.8, 4) is 0 Å². The third-order valence-corrected chi connectivity index (χ3v) is 4.02. The van der Waals surface area contributed by atoms with Gasteiger partial charge in [0, 0.05) is 16.2 Å². The number of hydrogen-bond donors (Lipinski definition) is 2. The maximum atomic E-state index is 5.42. The highest BCUT2D eigenvalue weighted by Crippen LogP contribution is 2.37. The normalized spacial score (nSPS) is 22.8. The molecule has 3 heteroatoms. The van der Waals surface area contributed by atoms with Crippen molar-refractivity contribution in [3.05, 3.63) is 29.8 Å². The van der Waals surface area contributed by atoms with Gasteiger partial charge in [0.2, 0.25) is 0 Å². The summed E-state index contributed by atoms with van der Waals surface area (Å²) in [5, 5.41) is 0.586. The summed E-state index contributed by atoms with van der Waals surface area (Å²) in [7, 11) is 0. The van der Waals surface area contributed by atoms with Gasteiger partial charge in [-0.25, -0.2) is 0 Å². The summed E-state index contributed by atoms with van der Waals surface area (Å²) in [5.74, 6) is 5.42. The maximum Gasteiger partial charge on any atom is 0.0307 e. The zero-order valence-corrected chi connectivity index (χ0v) is 8.47. The first-order valence-corrected chi connectivity index (χ1v) is 5.40. The molecular formula is C10H14N2S. The van der Waals surface area contributed by atoms with E-state index in [0.29, 0.717) is 11.3 Å². The van der Waals surface area contributed by atoms with E-state index in [4.69, 9.17) is 5.84 Å². The third kappa shape index (κ3) is 1.73. The van der Waals surface area contributed by atoms with Gasteiger partial charge in [0.25, 0.3) is 0 Å². The lowest BCUT2D eigenvalue weighted by Gasteiger charge is -2.16. The van der Waals surface area contributed by atoms with Gasteiger partial charge in [0.05, 0.1) is 0 Å². The quantitative estimate of drug-likeness (QED) is 0.554. The molecule has 0 radical (unpaired) electrons. The molecule has 0 bridgehead atoms. The molecule has 2 rings (SSSR count). The van der Waals surface area contributed by atoms with Crippen LogP contribution in [0.5, 0.6) is 0 Å². The molecule has 2 atom stereocenters. The summed E-state index contributed by atoms with van der Waals surface area (Å²) < 4.78 is 0. The summed E-state index contributed by atoms with van der Waals surface area (Å²) in [6, 6.07) is 8.95. The van der Waals surface area contributed by atoms with Crippen LogP contribution in [0.3, 0.4) is 0 Å². The van der Waals surface area contributed by atoms with E-state index in [1.165, 1.54) is 10.5 Å². The molecular weight excluding hydrogens is 180 g/mol. The number of benzene rings is 1. The Bertz CT molecular complexity index is 276. The van der Waals surface area contributed by atoms with E-state index in [0.717, 1.165) is 6.42 Å². The van der Waals surface area contributed by atoms with Gasteiger partial charge >= 0.3 is 0 Å². The molecule has 2 nitrogen and oxygen atoms in total. The van der Waals surface area contributed by atoms with Crippen LogP contribution in [0.4, 0.5) is 0 Å². The number of thioether (sulfide) groups is 1. The van der Waals surface area contributed by atoms with Crippen LogP contribution in [0.15, 0.2) is 29.2 Å². The molecule has 13 heavy (non-hydrogen) atoms. The van der Waals surface area contributed by atoms with Gasteiger partial charge in [0.15, 0.2) is 0 Å². The Morgan fingerprint density at radius 3 is 3.00 bits per heavy atom. The molecule has 0 saturated heterocycles. The second-order valence-corrected chi connectivity index (χ2v) is 4.70. The Balaban J connectivity index is 2.14. The molecule has 0 saturated carbocycles. The first kappa shape index (κ1) is 9.06. The van der Waals surface area contributed by atoms with Crippen molar-refractivity contribution in [1.82, 2.24) is 5.43 Å². The van der Waals surface area contributed by atoms with Crippen LogP contribution in [0, 0.1) is 0 Å². The second-order valence-electron chi connectivity index (χ2n) is 3.42. The largest absolute Gasteiger partial charge is 0.271 e. The number of rotatable bonds is 2. The minimum absolute atomic E-state index is 0.373. The summed E-state index contributed by atoms with van der Waals surface area (Å²) >= 11 is 1.93. The lowest BCUT2D eigenvalue weighted by atomic mass is 10.1. The predicted octanol–water partition coefficient (Wildman–Crippen LogP) is 1.56. The first-order chi connectivity index (χ1) is 6.31. The van der Waals surface area contributed by atoms with Gasteiger partial charge in [-0.05, 0) is 25.0 Å². The monoisotopic (exact) mass is 194 g/mol. The zero-order chi connectivity index (χ0) is 9.26. The number of nitrogens with one attached hydrogen (secondary N) is 1. The molecule has 1 aromatic rings. The number of nitrogens with two attached hydrogens (primary N) is 1. The zero-order valence-electron chi connectivity index (χ0n) is 7.66. The van der Waals surface area contributed by atoms with E-state index in [-0.39, 0.29) is 0 Å². The van der Waals surface area contributed by atoms with E-state index in [2.05, 4.69) is 36.6 Å². The molecule has 3 N–H and O–H groups in total. The van der Waals surface area contributed by atoms with Crippen molar-refractivity contribution in [2.24, 2.45) is 5.84 Å². The molecule has 1 aliphatic heterocycles. The Morgan fingerprint density at radius 2 is 2.31 bits per heavy atom. The van der Waals surface area contributed by atoms with E-state index >= 15 is 0 Å². The Hall–Kier alpha value is -0.510. The molecule has 1 heterocycles. The van der Waals surface area contributed by atoms with E-state index in [9.17, 15) is 0 Å². The summed E-state index contributed by atoms with van der Waals surface area (Å²) in [4.78, 5) is 1.41. The Labute approximate surface area is 82.9 Å². The van der Waals surface area contributed by atoms with Crippen molar-refractivity contribution in [2.45, 2.75) is 29.5 Å².